The van der Waals surface area contributed by atoms with Crippen LogP contribution in [0.25, 0.3) is 10.9 Å². The third kappa shape index (κ3) is 4.35. The van der Waals surface area contributed by atoms with Crippen molar-refractivity contribution in [2.45, 2.75) is 26.5 Å². The Morgan fingerprint density at radius 2 is 1.88 bits per heavy atom. The van der Waals surface area contributed by atoms with Gasteiger partial charge in [-0.25, -0.2) is 0 Å². The molecular formula is C21H22N2O2S. The van der Waals surface area contributed by atoms with Crippen molar-refractivity contribution in [2.75, 3.05) is 11.1 Å². The number of anilines is 1. The van der Waals surface area contributed by atoms with E-state index < -0.39 is 0 Å². The van der Waals surface area contributed by atoms with Crippen LogP contribution in [-0.2, 0) is 10.5 Å². The first-order valence-corrected chi connectivity index (χ1v) is 9.65. The van der Waals surface area contributed by atoms with Gasteiger partial charge in [0.05, 0.1) is 11.3 Å². The predicted molar refractivity (Wildman–Crippen MR) is 110 cm³/mol. The third-order valence-electron chi connectivity index (χ3n) is 4.12. The second-order valence-corrected chi connectivity index (χ2v) is 7.56. The Labute approximate surface area is 157 Å². The number of fused-ring (bicyclic) bond motifs is 1. The van der Waals surface area contributed by atoms with Crippen molar-refractivity contribution >= 4 is 34.3 Å². The summed E-state index contributed by atoms with van der Waals surface area (Å²) in [6.45, 7) is 5.96. The Kier molecular flexibility index (Phi) is 5.47. The van der Waals surface area contributed by atoms with E-state index in [1.54, 1.807) is 6.07 Å². The zero-order valence-corrected chi connectivity index (χ0v) is 16.0. The molecule has 0 fully saturated rings. The SMILES string of the molecule is Cc1cccc(NC(=O)CSCc2cc(=O)c3c(C)cc(C)cc3[nH]2)c1. The molecule has 0 spiro atoms. The van der Waals surface area contributed by atoms with Crippen LogP contribution in [0.5, 0.6) is 0 Å². The van der Waals surface area contributed by atoms with Crippen LogP contribution in [0.1, 0.15) is 22.4 Å². The Bertz CT molecular complexity index is 1020. The molecule has 0 bridgehead atoms. The largest absolute Gasteiger partial charge is 0.357 e. The Balaban J connectivity index is 1.64. The fourth-order valence-corrected chi connectivity index (χ4v) is 3.82. The molecule has 0 saturated carbocycles. The molecule has 0 aliphatic carbocycles. The van der Waals surface area contributed by atoms with Gasteiger partial charge in [-0.15, -0.1) is 11.8 Å². The number of aryl methyl sites for hydroxylation is 3. The van der Waals surface area contributed by atoms with E-state index in [4.69, 9.17) is 0 Å². The number of hydrogen-bond donors (Lipinski definition) is 2. The normalized spacial score (nSPS) is 10.9. The van der Waals surface area contributed by atoms with E-state index in [0.29, 0.717) is 11.5 Å². The highest BCUT2D eigenvalue weighted by molar-refractivity contribution is 7.99. The molecule has 1 aromatic heterocycles. The van der Waals surface area contributed by atoms with E-state index in [-0.39, 0.29) is 11.3 Å². The topological polar surface area (TPSA) is 62.0 Å². The van der Waals surface area contributed by atoms with Gasteiger partial charge in [0.2, 0.25) is 5.91 Å². The summed E-state index contributed by atoms with van der Waals surface area (Å²) in [6.07, 6.45) is 0. The van der Waals surface area contributed by atoms with Crippen molar-refractivity contribution in [1.29, 1.82) is 0 Å². The van der Waals surface area contributed by atoms with Crippen molar-refractivity contribution in [1.82, 2.24) is 4.98 Å². The van der Waals surface area contributed by atoms with Crippen LogP contribution < -0.4 is 10.7 Å². The maximum atomic E-state index is 12.4. The summed E-state index contributed by atoms with van der Waals surface area (Å²) in [5.74, 6) is 0.871. The van der Waals surface area contributed by atoms with Gasteiger partial charge >= 0.3 is 0 Å². The number of carbonyl (C=O) groups excluding carboxylic acids is 1. The summed E-state index contributed by atoms with van der Waals surface area (Å²) in [7, 11) is 0. The lowest BCUT2D eigenvalue weighted by atomic mass is 10.1. The summed E-state index contributed by atoms with van der Waals surface area (Å²) < 4.78 is 0. The van der Waals surface area contributed by atoms with Gasteiger partial charge in [-0.2, -0.15) is 0 Å². The first kappa shape index (κ1) is 18.3. The molecule has 0 aliphatic rings. The van der Waals surface area contributed by atoms with Crippen LogP contribution in [-0.4, -0.2) is 16.6 Å². The third-order valence-corrected chi connectivity index (χ3v) is 5.10. The molecule has 4 nitrogen and oxygen atoms in total. The molecule has 5 heteroatoms. The quantitative estimate of drug-likeness (QED) is 0.707. The zero-order valence-electron chi connectivity index (χ0n) is 15.2. The number of pyridine rings is 1. The van der Waals surface area contributed by atoms with Crippen molar-refractivity contribution in [3.05, 3.63) is 75.1 Å². The maximum absolute atomic E-state index is 12.4. The highest BCUT2D eigenvalue weighted by Crippen LogP contribution is 2.18. The Morgan fingerprint density at radius 3 is 2.65 bits per heavy atom. The number of amides is 1. The molecule has 0 atom stereocenters. The van der Waals surface area contributed by atoms with E-state index in [1.165, 1.54) is 11.8 Å². The van der Waals surface area contributed by atoms with E-state index >= 15 is 0 Å². The number of thioether (sulfide) groups is 1. The van der Waals surface area contributed by atoms with E-state index in [0.717, 1.165) is 39.0 Å². The zero-order chi connectivity index (χ0) is 18.7. The lowest BCUT2D eigenvalue weighted by molar-refractivity contribution is -0.113. The summed E-state index contributed by atoms with van der Waals surface area (Å²) >= 11 is 1.48. The van der Waals surface area contributed by atoms with Crippen LogP contribution in [0, 0.1) is 20.8 Å². The molecular weight excluding hydrogens is 344 g/mol. The van der Waals surface area contributed by atoms with Gasteiger partial charge in [-0.1, -0.05) is 18.2 Å². The van der Waals surface area contributed by atoms with Gasteiger partial charge < -0.3 is 10.3 Å². The van der Waals surface area contributed by atoms with Crippen molar-refractivity contribution < 1.29 is 4.79 Å². The molecule has 0 radical (unpaired) electrons. The molecule has 26 heavy (non-hydrogen) atoms. The fourth-order valence-electron chi connectivity index (χ4n) is 3.08. The van der Waals surface area contributed by atoms with Crippen LogP contribution in [0.2, 0.25) is 0 Å². The number of aromatic nitrogens is 1. The van der Waals surface area contributed by atoms with Gasteiger partial charge in [-0.3, -0.25) is 9.59 Å². The van der Waals surface area contributed by atoms with Gasteiger partial charge in [0.25, 0.3) is 0 Å². The summed E-state index contributed by atoms with van der Waals surface area (Å²) in [4.78, 5) is 27.8. The number of rotatable bonds is 5. The van der Waals surface area contributed by atoms with Crippen LogP contribution >= 0.6 is 11.8 Å². The van der Waals surface area contributed by atoms with Gasteiger partial charge in [0, 0.05) is 28.6 Å². The minimum Gasteiger partial charge on any atom is -0.357 e. The van der Waals surface area contributed by atoms with E-state index in [2.05, 4.69) is 10.3 Å². The molecule has 3 rings (SSSR count). The van der Waals surface area contributed by atoms with Crippen molar-refractivity contribution in [3.63, 3.8) is 0 Å². The Morgan fingerprint density at radius 1 is 1.08 bits per heavy atom. The molecule has 0 unspecified atom stereocenters. The summed E-state index contributed by atoms with van der Waals surface area (Å²) in [5, 5.41) is 3.63. The highest BCUT2D eigenvalue weighted by Gasteiger charge is 2.08. The second-order valence-electron chi connectivity index (χ2n) is 6.57. The molecule has 134 valence electrons. The predicted octanol–water partition coefficient (Wildman–Crippen LogP) is 4.33. The molecule has 1 amide bonds. The van der Waals surface area contributed by atoms with Crippen molar-refractivity contribution in [3.8, 4) is 0 Å². The minimum absolute atomic E-state index is 0.0241. The maximum Gasteiger partial charge on any atom is 0.234 e. The second kappa shape index (κ2) is 7.79. The van der Waals surface area contributed by atoms with Crippen LogP contribution in [0.3, 0.4) is 0 Å². The van der Waals surface area contributed by atoms with Gasteiger partial charge in [0.1, 0.15) is 0 Å². The average molecular weight is 366 g/mol. The molecule has 1 heterocycles. The molecule has 0 saturated heterocycles. The molecule has 3 aromatic rings. The average Bonchev–Trinajstić information content (AvgIpc) is 2.53. The number of carbonyl (C=O) groups is 1. The number of hydrogen-bond acceptors (Lipinski definition) is 3. The van der Waals surface area contributed by atoms with Crippen molar-refractivity contribution in [2.24, 2.45) is 0 Å². The summed E-state index contributed by atoms with van der Waals surface area (Å²) in [6, 6.07) is 13.4. The van der Waals surface area contributed by atoms with Gasteiger partial charge in [-0.05, 0) is 55.7 Å². The minimum atomic E-state index is -0.0459. The number of benzene rings is 2. The van der Waals surface area contributed by atoms with Gasteiger partial charge in [0.15, 0.2) is 5.43 Å². The smallest absolute Gasteiger partial charge is 0.234 e. The number of H-pyrrole nitrogens is 1. The molecule has 0 aliphatic heterocycles. The molecule has 2 aromatic carbocycles. The van der Waals surface area contributed by atoms with E-state index in [1.807, 2.05) is 57.2 Å². The monoisotopic (exact) mass is 366 g/mol. The Hall–Kier alpha value is -2.53. The molecule has 2 N–H and O–H groups in total. The lowest BCUT2D eigenvalue weighted by Crippen LogP contribution is -2.14. The number of nitrogens with one attached hydrogen (secondary N) is 2. The summed E-state index contributed by atoms with van der Waals surface area (Å²) in [5.41, 5.74) is 5.73. The van der Waals surface area contributed by atoms with E-state index in [9.17, 15) is 9.59 Å². The number of aromatic amines is 1. The fraction of sp³-hybridized carbons (Fsp3) is 0.238. The lowest BCUT2D eigenvalue weighted by Gasteiger charge is -2.08. The standard InChI is InChI=1S/C21H22N2O2S/c1-13-5-4-6-16(8-13)23-20(25)12-26-11-17-10-19(24)21-15(3)7-14(2)9-18(21)22-17/h4-10H,11-12H2,1-3H3,(H,22,24)(H,23,25). The van der Waals surface area contributed by atoms with Crippen LogP contribution in [0.4, 0.5) is 5.69 Å². The highest BCUT2D eigenvalue weighted by atomic mass is 32.2. The first-order chi connectivity index (χ1) is 12.4. The van der Waals surface area contributed by atoms with Crippen LogP contribution in [0.15, 0.2) is 47.3 Å². The first-order valence-electron chi connectivity index (χ1n) is 8.50.